The molecule has 37 heavy (non-hydrogen) atoms. The number of epoxide rings is 1. The smallest absolute Gasteiger partial charge is 0.243 e. The zero-order valence-electron chi connectivity index (χ0n) is 21.6. The molecule has 1 aromatic carbocycles. The molecule has 1 aromatic rings. The van der Waals surface area contributed by atoms with Gasteiger partial charge in [0.25, 0.3) is 0 Å². The summed E-state index contributed by atoms with van der Waals surface area (Å²) in [7, 11) is 0. The van der Waals surface area contributed by atoms with Gasteiger partial charge in [0, 0.05) is 13.1 Å². The number of amides is 3. The summed E-state index contributed by atoms with van der Waals surface area (Å²) in [5.41, 5.74) is 0.0277. The quantitative estimate of drug-likeness (QED) is 0.277. The van der Waals surface area contributed by atoms with Crippen LogP contribution in [0.1, 0.15) is 45.1 Å². The SMILES string of the molecule is C[C@H](NC(=O)CC1CNCCO1)C(=O)N[C@@H](CC1CC1)C(=O)N[C@@H](Cc1ccccc1)C(=O)[C@@]1(C)CO1. The van der Waals surface area contributed by atoms with Crippen molar-refractivity contribution in [2.24, 2.45) is 5.92 Å². The number of hydrogen-bond donors (Lipinski definition) is 4. The van der Waals surface area contributed by atoms with E-state index in [2.05, 4.69) is 21.3 Å². The van der Waals surface area contributed by atoms with Gasteiger partial charge in [-0.2, -0.15) is 0 Å². The predicted molar refractivity (Wildman–Crippen MR) is 136 cm³/mol. The molecule has 4 N–H and O–H groups in total. The summed E-state index contributed by atoms with van der Waals surface area (Å²) in [6, 6.07) is 7.08. The minimum atomic E-state index is -0.891. The summed E-state index contributed by atoms with van der Waals surface area (Å²) >= 11 is 0. The van der Waals surface area contributed by atoms with Gasteiger partial charge in [-0.3, -0.25) is 19.2 Å². The van der Waals surface area contributed by atoms with Gasteiger partial charge in [0.15, 0.2) is 5.78 Å². The number of morpholine rings is 1. The minimum absolute atomic E-state index is 0.153. The third kappa shape index (κ3) is 8.08. The van der Waals surface area contributed by atoms with Gasteiger partial charge in [0.1, 0.15) is 17.7 Å². The molecule has 1 aliphatic carbocycles. The molecule has 10 heteroatoms. The highest BCUT2D eigenvalue weighted by Gasteiger charge is 2.50. The molecule has 3 aliphatic rings. The number of rotatable bonds is 13. The van der Waals surface area contributed by atoms with Crippen LogP contribution in [0.5, 0.6) is 0 Å². The fourth-order valence-corrected chi connectivity index (χ4v) is 4.49. The monoisotopic (exact) mass is 514 g/mol. The molecule has 4 rings (SSSR count). The van der Waals surface area contributed by atoms with Crippen molar-refractivity contribution in [3.63, 3.8) is 0 Å². The highest BCUT2D eigenvalue weighted by atomic mass is 16.6. The van der Waals surface area contributed by atoms with Crippen molar-refractivity contribution >= 4 is 23.5 Å². The lowest BCUT2D eigenvalue weighted by Gasteiger charge is -2.26. The zero-order chi connectivity index (χ0) is 26.4. The van der Waals surface area contributed by atoms with Crippen LogP contribution in [-0.2, 0) is 35.1 Å². The van der Waals surface area contributed by atoms with Crippen LogP contribution in [0.4, 0.5) is 0 Å². The molecule has 202 valence electrons. The van der Waals surface area contributed by atoms with Crippen molar-refractivity contribution < 1.29 is 28.7 Å². The van der Waals surface area contributed by atoms with E-state index in [1.54, 1.807) is 13.8 Å². The summed E-state index contributed by atoms with van der Waals surface area (Å²) in [6.45, 7) is 5.53. The van der Waals surface area contributed by atoms with Crippen LogP contribution in [0, 0.1) is 5.92 Å². The lowest BCUT2D eigenvalue weighted by molar-refractivity contribution is -0.134. The van der Waals surface area contributed by atoms with E-state index in [0.29, 0.717) is 38.5 Å². The second kappa shape index (κ2) is 12.1. The average Bonchev–Trinajstić information content (AvgIpc) is 3.82. The molecule has 0 aromatic heterocycles. The molecule has 3 fully saturated rings. The van der Waals surface area contributed by atoms with Crippen LogP contribution >= 0.6 is 0 Å². The first-order valence-electron chi connectivity index (χ1n) is 13.2. The maximum atomic E-state index is 13.4. The Kier molecular flexibility index (Phi) is 8.94. The van der Waals surface area contributed by atoms with Gasteiger partial charge in [0.05, 0.1) is 31.8 Å². The second-order valence-corrected chi connectivity index (χ2v) is 10.6. The molecule has 5 atom stereocenters. The zero-order valence-corrected chi connectivity index (χ0v) is 21.6. The Morgan fingerprint density at radius 1 is 1.05 bits per heavy atom. The summed E-state index contributed by atoms with van der Waals surface area (Å²) in [6.07, 6.45) is 2.74. The second-order valence-electron chi connectivity index (χ2n) is 10.6. The Hall–Kier alpha value is -2.82. The lowest BCUT2D eigenvalue weighted by Crippen LogP contribution is -2.56. The molecule has 2 aliphatic heterocycles. The van der Waals surface area contributed by atoms with E-state index in [1.165, 1.54) is 0 Å². The van der Waals surface area contributed by atoms with Crippen LogP contribution in [-0.4, -0.2) is 79.6 Å². The fourth-order valence-electron chi connectivity index (χ4n) is 4.49. The van der Waals surface area contributed by atoms with Gasteiger partial charge < -0.3 is 30.7 Å². The maximum Gasteiger partial charge on any atom is 0.243 e. The van der Waals surface area contributed by atoms with E-state index in [4.69, 9.17) is 9.47 Å². The molecular weight excluding hydrogens is 476 g/mol. The summed E-state index contributed by atoms with van der Waals surface area (Å²) in [5, 5.41) is 11.6. The first-order valence-corrected chi connectivity index (χ1v) is 13.2. The molecule has 1 unspecified atom stereocenters. The number of ketones is 1. The molecule has 0 spiro atoms. The van der Waals surface area contributed by atoms with Crippen LogP contribution in [0.3, 0.4) is 0 Å². The normalized spacial score (nSPS) is 25.3. The van der Waals surface area contributed by atoms with Gasteiger partial charge in [0.2, 0.25) is 17.7 Å². The Morgan fingerprint density at radius 2 is 1.76 bits per heavy atom. The van der Waals surface area contributed by atoms with E-state index in [-0.39, 0.29) is 24.2 Å². The largest absolute Gasteiger partial charge is 0.375 e. The Balaban J connectivity index is 1.36. The topological polar surface area (TPSA) is 138 Å². The number of ether oxygens (including phenoxy) is 2. The van der Waals surface area contributed by atoms with Crippen LogP contribution in [0.15, 0.2) is 30.3 Å². The van der Waals surface area contributed by atoms with Gasteiger partial charge in [-0.15, -0.1) is 0 Å². The van der Waals surface area contributed by atoms with Crippen molar-refractivity contribution in [1.29, 1.82) is 0 Å². The number of hydrogen-bond acceptors (Lipinski definition) is 7. The molecule has 10 nitrogen and oxygen atoms in total. The van der Waals surface area contributed by atoms with Crippen molar-refractivity contribution in [3.05, 3.63) is 35.9 Å². The van der Waals surface area contributed by atoms with Crippen LogP contribution in [0.25, 0.3) is 0 Å². The van der Waals surface area contributed by atoms with Crippen LogP contribution < -0.4 is 21.3 Å². The van der Waals surface area contributed by atoms with E-state index < -0.39 is 35.5 Å². The van der Waals surface area contributed by atoms with Crippen molar-refractivity contribution in [3.8, 4) is 0 Å². The third-order valence-corrected chi connectivity index (χ3v) is 7.10. The van der Waals surface area contributed by atoms with Crippen molar-refractivity contribution in [1.82, 2.24) is 21.3 Å². The number of benzene rings is 1. The van der Waals surface area contributed by atoms with Crippen molar-refractivity contribution in [2.45, 2.75) is 75.8 Å². The molecule has 0 bridgehead atoms. The van der Waals surface area contributed by atoms with E-state index in [1.807, 2.05) is 30.3 Å². The highest BCUT2D eigenvalue weighted by molar-refractivity contribution is 5.98. The number of Topliss-reactive ketones (excluding diaryl/α,β-unsaturated/α-hetero) is 1. The van der Waals surface area contributed by atoms with E-state index >= 15 is 0 Å². The number of carbonyl (C=O) groups is 4. The molecule has 2 heterocycles. The lowest BCUT2D eigenvalue weighted by atomic mass is 9.94. The Morgan fingerprint density at radius 3 is 2.38 bits per heavy atom. The van der Waals surface area contributed by atoms with Gasteiger partial charge in [-0.25, -0.2) is 0 Å². The summed E-state index contributed by atoms with van der Waals surface area (Å²) < 4.78 is 10.9. The van der Waals surface area contributed by atoms with Gasteiger partial charge in [-0.1, -0.05) is 43.2 Å². The van der Waals surface area contributed by atoms with Gasteiger partial charge >= 0.3 is 0 Å². The molecule has 0 radical (unpaired) electrons. The average molecular weight is 515 g/mol. The summed E-state index contributed by atoms with van der Waals surface area (Å²) in [5.74, 6) is -0.962. The number of carbonyl (C=O) groups excluding carboxylic acids is 4. The first-order chi connectivity index (χ1) is 17.7. The first kappa shape index (κ1) is 27.2. The predicted octanol–water partition coefficient (Wildman–Crippen LogP) is 0.240. The fraction of sp³-hybridized carbons (Fsp3) is 0.630. The van der Waals surface area contributed by atoms with E-state index in [9.17, 15) is 19.2 Å². The van der Waals surface area contributed by atoms with E-state index in [0.717, 1.165) is 24.9 Å². The molecule has 3 amide bonds. The summed E-state index contributed by atoms with van der Waals surface area (Å²) in [4.78, 5) is 51.9. The van der Waals surface area contributed by atoms with Gasteiger partial charge in [-0.05, 0) is 38.2 Å². The molecule has 2 saturated heterocycles. The highest BCUT2D eigenvalue weighted by Crippen LogP contribution is 2.34. The molecular formula is C27H38N4O6. The molecule has 1 saturated carbocycles. The third-order valence-electron chi connectivity index (χ3n) is 7.10. The number of nitrogens with one attached hydrogen (secondary N) is 4. The van der Waals surface area contributed by atoms with Crippen LogP contribution in [0.2, 0.25) is 0 Å². The maximum absolute atomic E-state index is 13.4. The Bertz CT molecular complexity index is 972. The minimum Gasteiger partial charge on any atom is -0.375 e. The Labute approximate surface area is 217 Å². The van der Waals surface area contributed by atoms with Crippen molar-refractivity contribution in [2.75, 3.05) is 26.3 Å². The standard InChI is InChI=1S/C27H38N4O6/c1-17(29-23(32)14-20-15-28-10-11-36-20)25(34)31-22(13-19-8-9-19)26(35)30-21(24(33)27(2)16-37-27)12-18-6-4-3-5-7-18/h3-7,17,19-22,28H,8-16H2,1-2H3,(H,29,32)(H,30,35)(H,31,34)/t17-,20?,21-,22-,27+/m0/s1.